The minimum atomic E-state index is -1.16. The second-order valence-corrected chi connectivity index (χ2v) is 8.42. The van der Waals surface area contributed by atoms with Crippen LogP contribution in [0.5, 0.6) is 11.6 Å². The summed E-state index contributed by atoms with van der Waals surface area (Å²) in [5.41, 5.74) is -0.246. The van der Waals surface area contributed by atoms with Crippen molar-refractivity contribution < 1.29 is 19.0 Å². The lowest BCUT2D eigenvalue weighted by Crippen LogP contribution is -2.52. The summed E-state index contributed by atoms with van der Waals surface area (Å²) in [5.74, 6) is 0.256. The van der Waals surface area contributed by atoms with E-state index in [-0.39, 0.29) is 18.7 Å². The smallest absolute Gasteiger partial charge is 0.336 e. The maximum atomic E-state index is 13.5. The lowest BCUT2D eigenvalue weighted by Gasteiger charge is -2.15. The quantitative estimate of drug-likeness (QED) is 0.325. The lowest BCUT2D eigenvalue weighted by molar-refractivity contribution is -0.153. The Morgan fingerprint density at radius 3 is 2.39 bits per heavy atom. The van der Waals surface area contributed by atoms with Gasteiger partial charge in [-0.3, -0.25) is 9.55 Å². The van der Waals surface area contributed by atoms with Gasteiger partial charge < -0.3 is 14.2 Å². The maximum absolute atomic E-state index is 13.5. The Morgan fingerprint density at radius 2 is 1.76 bits per heavy atom. The number of benzene rings is 2. The molecule has 1 atom stereocenters. The molecule has 0 spiro atoms. The molecule has 0 saturated carbocycles. The van der Waals surface area contributed by atoms with Crippen molar-refractivity contribution >= 4 is 23.3 Å². The van der Waals surface area contributed by atoms with Crippen LogP contribution in [0.25, 0.3) is 0 Å². The number of hydrogen-bond donors (Lipinski definition) is 1. The first-order valence-corrected chi connectivity index (χ1v) is 11.8. The second kappa shape index (κ2) is 12.2. The van der Waals surface area contributed by atoms with Gasteiger partial charge in [0.15, 0.2) is 6.10 Å². The highest BCUT2D eigenvalue weighted by molar-refractivity contribution is 6.30. The number of aromatic nitrogens is 4. The van der Waals surface area contributed by atoms with Crippen LogP contribution in [-0.2, 0) is 27.4 Å². The number of pyridine rings is 1. The van der Waals surface area contributed by atoms with Gasteiger partial charge in [0.05, 0.1) is 25.9 Å². The van der Waals surface area contributed by atoms with Crippen LogP contribution in [0.4, 0.5) is 5.69 Å². The zero-order chi connectivity index (χ0) is 27.1. The highest BCUT2D eigenvalue weighted by atomic mass is 35.5. The van der Waals surface area contributed by atoms with Gasteiger partial charge in [0.2, 0.25) is 11.5 Å². The number of aromatic amines is 1. The molecule has 11 nitrogen and oxygen atoms in total. The molecule has 196 valence electrons. The van der Waals surface area contributed by atoms with Crippen molar-refractivity contribution in [3.8, 4) is 11.6 Å². The largest absolute Gasteiger partial charge is 0.467 e. The average Bonchev–Trinajstić information content (AvgIpc) is 2.93. The van der Waals surface area contributed by atoms with Crippen LogP contribution in [0.3, 0.4) is 0 Å². The third-order valence-electron chi connectivity index (χ3n) is 5.46. The first kappa shape index (κ1) is 26.6. The fourth-order valence-corrected chi connectivity index (χ4v) is 3.63. The molecule has 0 aliphatic heterocycles. The number of nitrogens with one attached hydrogen (secondary N) is 1. The fourth-order valence-electron chi connectivity index (χ4n) is 3.50. The number of carbonyl (C=O) groups is 1. The molecule has 0 amide bonds. The van der Waals surface area contributed by atoms with E-state index >= 15 is 0 Å². The predicted octanol–water partition coefficient (Wildman–Crippen LogP) is 2.65. The van der Waals surface area contributed by atoms with Crippen LogP contribution in [0.15, 0.2) is 87.5 Å². The minimum absolute atomic E-state index is 0.0108. The molecule has 1 N–H and O–H groups in total. The lowest BCUT2D eigenvalue weighted by atomic mass is 10.2. The van der Waals surface area contributed by atoms with Crippen LogP contribution < -0.4 is 21.7 Å². The summed E-state index contributed by atoms with van der Waals surface area (Å²) >= 11 is 6.00. The van der Waals surface area contributed by atoms with E-state index in [0.29, 0.717) is 22.3 Å². The van der Waals surface area contributed by atoms with Crippen molar-refractivity contribution in [1.29, 1.82) is 0 Å². The second-order valence-electron chi connectivity index (χ2n) is 7.98. The van der Waals surface area contributed by atoms with E-state index in [1.807, 2.05) is 6.07 Å². The summed E-state index contributed by atoms with van der Waals surface area (Å²) < 4.78 is 17.7. The highest BCUT2D eigenvalue weighted by Gasteiger charge is 2.22. The Morgan fingerprint density at radius 1 is 1.03 bits per heavy atom. The number of ether oxygens (including phenoxy) is 3. The summed E-state index contributed by atoms with van der Waals surface area (Å²) in [6, 6.07) is 18.9. The van der Waals surface area contributed by atoms with Gasteiger partial charge in [0, 0.05) is 24.4 Å². The molecule has 0 aliphatic rings. The number of methoxy groups -OCH3 is 2. The Bertz CT molecular complexity index is 1580. The van der Waals surface area contributed by atoms with Gasteiger partial charge in [0.1, 0.15) is 5.75 Å². The van der Waals surface area contributed by atoms with Crippen LogP contribution in [0.2, 0.25) is 5.02 Å². The molecule has 0 unspecified atom stereocenters. The molecule has 12 heteroatoms. The van der Waals surface area contributed by atoms with Gasteiger partial charge in [0.25, 0.3) is 0 Å². The average molecular weight is 538 g/mol. The number of H-pyrrole nitrogens is 1. The van der Waals surface area contributed by atoms with Crippen LogP contribution >= 0.6 is 11.6 Å². The number of carbonyl (C=O) groups excluding carboxylic acids is 1. The number of hydrogen-bond acceptors (Lipinski definition) is 8. The van der Waals surface area contributed by atoms with E-state index in [1.54, 1.807) is 66.9 Å². The molecule has 2 heterocycles. The van der Waals surface area contributed by atoms with Gasteiger partial charge in [-0.25, -0.2) is 28.9 Å². The number of rotatable bonds is 9. The first-order valence-electron chi connectivity index (χ1n) is 11.4. The molecular weight excluding hydrogens is 514 g/mol. The van der Waals surface area contributed by atoms with Gasteiger partial charge in [-0.05, 0) is 48.0 Å². The van der Waals surface area contributed by atoms with Crippen molar-refractivity contribution in [2.24, 2.45) is 4.99 Å². The van der Waals surface area contributed by atoms with E-state index < -0.39 is 23.5 Å². The monoisotopic (exact) mass is 537 g/mol. The van der Waals surface area contributed by atoms with E-state index in [2.05, 4.69) is 15.0 Å². The number of esters is 1. The predicted molar refractivity (Wildman–Crippen MR) is 139 cm³/mol. The van der Waals surface area contributed by atoms with Crippen molar-refractivity contribution in [2.75, 3.05) is 14.2 Å². The molecule has 38 heavy (non-hydrogen) atoms. The Balaban J connectivity index is 1.75. The third kappa shape index (κ3) is 6.44. The van der Waals surface area contributed by atoms with Crippen LogP contribution in [0.1, 0.15) is 5.56 Å². The molecule has 4 aromatic rings. The Kier molecular flexibility index (Phi) is 8.51. The highest BCUT2D eigenvalue weighted by Crippen LogP contribution is 2.22. The van der Waals surface area contributed by atoms with E-state index in [1.165, 1.54) is 18.8 Å². The van der Waals surface area contributed by atoms with Crippen molar-refractivity contribution in [3.63, 3.8) is 0 Å². The Labute approximate surface area is 221 Å². The summed E-state index contributed by atoms with van der Waals surface area (Å²) in [6.45, 7) is -0.278. The molecule has 4 rings (SSSR count). The van der Waals surface area contributed by atoms with Crippen LogP contribution in [-0.4, -0.2) is 45.4 Å². The Hall–Kier alpha value is -4.48. The zero-order valence-corrected chi connectivity index (χ0v) is 21.3. The molecule has 2 aromatic heterocycles. The normalized spacial score (nSPS) is 12.2. The van der Waals surface area contributed by atoms with E-state index in [9.17, 15) is 14.4 Å². The topological polar surface area (TPSA) is 130 Å². The molecule has 0 fully saturated rings. The number of nitrogens with zero attached hydrogens (tertiary/aromatic N) is 4. The van der Waals surface area contributed by atoms with Gasteiger partial charge in [-0.15, -0.1) is 0 Å². The molecule has 0 radical (unpaired) electrons. The SMILES string of the molecule is COC(=O)[C@@H](Cn1c(=O)[nH]/c(=N\c2ccc(Oc3ccccn3)cc2)n(Cc2ccc(Cl)cc2)c1=O)OC. The van der Waals surface area contributed by atoms with Crippen molar-refractivity contribution in [1.82, 2.24) is 19.1 Å². The zero-order valence-electron chi connectivity index (χ0n) is 20.5. The van der Waals surface area contributed by atoms with E-state index in [4.69, 9.17) is 25.8 Å². The van der Waals surface area contributed by atoms with Gasteiger partial charge in [-0.2, -0.15) is 0 Å². The molecular formula is C26H24ClN5O6. The van der Waals surface area contributed by atoms with E-state index in [0.717, 1.165) is 10.1 Å². The molecule has 0 bridgehead atoms. The van der Waals surface area contributed by atoms with Crippen LogP contribution in [0, 0.1) is 0 Å². The fraction of sp³-hybridized carbons (Fsp3) is 0.192. The van der Waals surface area contributed by atoms with Crippen molar-refractivity contribution in [2.45, 2.75) is 19.2 Å². The van der Waals surface area contributed by atoms with Crippen molar-refractivity contribution in [3.05, 3.63) is 110 Å². The molecule has 0 saturated heterocycles. The van der Waals surface area contributed by atoms with Gasteiger partial charge >= 0.3 is 17.3 Å². The molecule has 2 aromatic carbocycles. The maximum Gasteiger partial charge on any atom is 0.336 e. The first-order chi connectivity index (χ1) is 18.4. The molecule has 0 aliphatic carbocycles. The minimum Gasteiger partial charge on any atom is -0.467 e. The summed E-state index contributed by atoms with van der Waals surface area (Å²) in [5, 5.41) is 0.538. The number of halogens is 1. The summed E-state index contributed by atoms with van der Waals surface area (Å²) in [6.07, 6.45) is 0.467. The van der Waals surface area contributed by atoms with Gasteiger partial charge in [-0.1, -0.05) is 29.8 Å². The summed E-state index contributed by atoms with van der Waals surface area (Å²) in [4.78, 5) is 49.6. The third-order valence-corrected chi connectivity index (χ3v) is 5.72. The summed E-state index contributed by atoms with van der Waals surface area (Å²) in [7, 11) is 2.48. The standard InChI is InChI=1S/C26H24ClN5O6/c1-36-21(23(33)37-2)16-32-25(34)30-24(31(26(32)35)15-17-6-8-18(27)9-7-17)29-19-10-12-20(13-11-19)38-22-5-3-4-14-28-22/h3-14,21H,15-16H2,1-2H3,(H,29,30,34)/t21-/m1/s1.